The molecular weight excluding hydrogens is 320 g/mol. The lowest BCUT2D eigenvalue weighted by Gasteiger charge is -2.13. The van der Waals surface area contributed by atoms with E-state index < -0.39 is 6.04 Å². The minimum atomic E-state index is -0.725. The molecule has 1 amide bonds. The lowest BCUT2D eigenvalue weighted by molar-refractivity contribution is -0.117. The molecule has 3 N–H and O–H groups in total. The average Bonchev–Trinajstić information content (AvgIpc) is 2.86. The number of aromatic nitrogens is 2. The standard InChI is InChI=1S/C14H17BrN4O/c1-3-9-6-11(15)4-5-12(9)18-14(20)13(16)10-7-17-19(2)8-10/h4-8,13H,3,16H2,1-2H3,(H,18,20). The SMILES string of the molecule is CCc1cc(Br)ccc1NC(=O)C(N)c1cnn(C)c1. The van der Waals surface area contributed by atoms with Crippen LogP contribution in [0.25, 0.3) is 0 Å². The average molecular weight is 337 g/mol. The number of hydrogen-bond donors (Lipinski definition) is 2. The highest BCUT2D eigenvalue weighted by Gasteiger charge is 2.18. The molecule has 0 aliphatic carbocycles. The topological polar surface area (TPSA) is 72.9 Å². The number of rotatable bonds is 4. The van der Waals surface area contributed by atoms with Crippen molar-refractivity contribution >= 4 is 27.5 Å². The Morgan fingerprint density at radius 1 is 1.55 bits per heavy atom. The number of aryl methyl sites for hydroxylation is 2. The van der Waals surface area contributed by atoms with E-state index in [2.05, 4.69) is 26.3 Å². The minimum Gasteiger partial charge on any atom is -0.324 e. The summed E-state index contributed by atoms with van der Waals surface area (Å²) in [5.74, 6) is -0.241. The molecule has 1 heterocycles. The van der Waals surface area contributed by atoms with Gasteiger partial charge in [-0.1, -0.05) is 22.9 Å². The van der Waals surface area contributed by atoms with Crippen molar-refractivity contribution < 1.29 is 4.79 Å². The van der Waals surface area contributed by atoms with Gasteiger partial charge in [-0.2, -0.15) is 5.10 Å². The van der Waals surface area contributed by atoms with Gasteiger partial charge in [0.05, 0.1) is 6.20 Å². The van der Waals surface area contributed by atoms with Crippen LogP contribution in [0.4, 0.5) is 5.69 Å². The van der Waals surface area contributed by atoms with Crippen molar-refractivity contribution in [2.45, 2.75) is 19.4 Å². The van der Waals surface area contributed by atoms with E-state index in [4.69, 9.17) is 5.73 Å². The smallest absolute Gasteiger partial charge is 0.246 e. The summed E-state index contributed by atoms with van der Waals surface area (Å²) in [5.41, 5.74) is 8.49. The summed E-state index contributed by atoms with van der Waals surface area (Å²) < 4.78 is 2.61. The Bertz CT molecular complexity index is 623. The fourth-order valence-corrected chi connectivity index (χ4v) is 2.35. The molecule has 0 saturated carbocycles. The highest BCUT2D eigenvalue weighted by molar-refractivity contribution is 9.10. The van der Waals surface area contributed by atoms with E-state index in [0.717, 1.165) is 22.1 Å². The fourth-order valence-electron chi connectivity index (χ4n) is 1.94. The van der Waals surface area contributed by atoms with Crippen LogP contribution in [0.15, 0.2) is 35.1 Å². The molecule has 5 nitrogen and oxygen atoms in total. The van der Waals surface area contributed by atoms with E-state index >= 15 is 0 Å². The van der Waals surface area contributed by atoms with E-state index in [9.17, 15) is 4.79 Å². The van der Waals surface area contributed by atoms with Crippen LogP contribution in [0.2, 0.25) is 0 Å². The number of hydrogen-bond acceptors (Lipinski definition) is 3. The van der Waals surface area contributed by atoms with E-state index in [1.807, 2.05) is 25.1 Å². The lowest BCUT2D eigenvalue weighted by Crippen LogP contribution is -2.27. The molecule has 106 valence electrons. The van der Waals surface area contributed by atoms with E-state index in [1.54, 1.807) is 24.1 Å². The number of amides is 1. The molecule has 20 heavy (non-hydrogen) atoms. The Kier molecular flexibility index (Phi) is 4.57. The van der Waals surface area contributed by atoms with Crippen LogP contribution in [-0.4, -0.2) is 15.7 Å². The van der Waals surface area contributed by atoms with Crippen molar-refractivity contribution in [3.8, 4) is 0 Å². The third-order valence-electron chi connectivity index (χ3n) is 3.07. The quantitative estimate of drug-likeness (QED) is 0.900. The zero-order chi connectivity index (χ0) is 14.7. The molecule has 0 aliphatic rings. The normalized spacial score (nSPS) is 12.2. The maximum absolute atomic E-state index is 12.2. The number of carbonyl (C=O) groups is 1. The van der Waals surface area contributed by atoms with Gasteiger partial charge in [-0.05, 0) is 30.2 Å². The second-order valence-electron chi connectivity index (χ2n) is 4.57. The molecule has 1 unspecified atom stereocenters. The van der Waals surface area contributed by atoms with Crippen molar-refractivity contribution in [1.29, 1.82) is 0 Å². The number of nitrogens with one attached hydrogen (secondary N) is 1. The van der Waals surface area contributed by atoms with Crippen molar-refractivity contribution in [2.24, 2.45) is 12.8 Å². The summed E-state index contributed by atoms with van der Waals surface area (Å²) in [7, 11) is 1.79. The van der Waals surface area contributed by atoms with Crippen LogP contribution in [-0.2, 0) is 18.3 Å². The van der Waals surface area contributed by atoms with E-state index in [0.29, 0.717) is 5.56 Å². The summed E-state index contributed by atoms with van der Waals surface area (Å²) in [6, 6.07) is 5.03. The van der Waals surface area contributed by atoms with Gasteiger partial charge in [0, 0.05) is 29.0 Å². The molecular formula is C14H17BrN4O. The fraction of sp³-hybridized carbons (Fsp3) is 0.286. The van der Waals surface area contributed by atoms with Crippen LogP contribution in [0.5, 0.6) is 0 Å². The summed E-state index contributed by atoms with van der Waals surface area (Å²) in [6.07, 6.45) is 4.18. The maximum Gasteiger partial charge on any atom is 0.246 e. The molecule has 2 aromatic rings. The Morgan fingerprint density at radius 2 is 2.30 bits per heavy atom. The van der Waals surface area contributed by atoms with Crippen LogP contribution < -0.4 is 11.1 Å². The predicted octanol–water partition coefficient (Wildman–Crippen LogP) is 2.38. The van der Waals surface area contributed by atoms with Crippen molar-refractivity contribution in [2.75, 3.05) is 5.32 Å². The maximum atomic E-state index is 12.2. The predicted molar refractivity (Wildman–Crippen MR) is 82.3 cm³/mol. The molecule has 2 rings (SSSR count). The molecule has 0 radical (unpaired) electrons. The Hall–Kier alpha value is -1.66. The Morgan fingerprint density at radius 3 is 2.90 bits per heavy atom. The summed E-state index contributed by atoms with van der Waals surface area (Å²) in [6.45, 7) is 2.04. The monoisotopic (exact) mass is 336 g/mol. The van der Waals surface area contributed by atoms with Gasteiger partial charge in [0.1, 0.15) is 6.04 Å². The Labute approximate surface area is 126 Å². The van der Waals surface area contributed by atoms with Gasteiger partial charge in [-0.3, -0.25) is 9.48 Å². The zero-order valence-electron chi connectivity index (χ0n) is 11.4. The Balaban J connectivity index is 2.15. The minimum absolute atomic E-state index is 0.241. The molecule has 6 heteroatoms. The second-order valence-corrected chi connectivity index (χ2v) is 5.48. The second kappa shape index (κ2) is 6.19. The molecule has 0 spiro atoms. The van der Waals surface area contributed by atoms with Crippen molar-refractivity contribution in [3.63, 3.8) is 0 Å². The number of benzene rings is 1. The number of nitrogens with zero attached hydrogens (tertiary/aromatic N) is 2. The van der Waals surface area contributed by atoms with Gasteiger partial charge >= 0.3 is 0 Å². The highest BCUT2D eigenvalue weighted by atomic mass is 79.9. The third-order valence-corrected chi connectivity index (χ3v) is 3.57. The molecule has 1 aromatic carbocycles. The first-order valence-corrected chi connectivity index (χ1v) is 7.14. The summed E-state index contributed by atoms with van der Waals surface area (Å²) >= 11 is 3.42. The van der Waals surface area contributed by atoms with Crippen LogP contribution in [0.3, 0.4) is 0 Å². The van der Waals surface area contributed by atoms with E-state index in [1.165, 1.54) is 0 Å². The van der Waals surface area contributed by atoms with Crippen LogP contribution in [0.1, 0.15) is 24.1 Å². The van der Waals surface area contributed by atoms with Gasteiger partial charge in [-0.25, -0.2) is 0 Å². The van der Waals surface area contributed by atoms with E-state index in [-0.39, 0.29) is 5.91 Å². The summed E-state index contributed by atoms with van der Waals surface area (Å²) in [5, 5.41) is 6.90. The largest absolute Gasteiger partial charge is 0.324 e. The van der Waals surface area contributed by atoms with Crippen molar-refractivity contribution in [3.05, 3.63) is 46.2 Å². The number of halogens is 1. The first-order valence-electron chi connectivity index (χ1n) is 6.34. The molecule has 1 atom stereocenters. The van der Waals surface area contributed by atoms with Gasteiger partial charge in [-0.15, -0.1) is 0 Å². The third kappa shape index (κ3) is 3.26. The molecule has 0 fully saturated rings. The number of nitrogens with two attached hydrogens (primary N) is 1. The lowest BCUT2D eigenvalue weighted by atomic mass is 10.1. The van der Waals surface area contributed by atoms with Crippen molar-refractivity contribution in [1.82, 2.24) is 9.78 Å². The summed E-state index contributed by atoms with van der Waals surface area (Å²) in [4.78, 5) is 12.2. The van der Waals surface area contributed by atoms with Crippen LogP contribution in [0, 0.1) is 0 Å². The van der Waals surface area contributed by atoms with Crippen LogP contribution >= 0.6 is 15.9 Å². The molecule has 0 bridgehead atoms. The first-order chi connectivity index (χ1) is 9.51. The molecule has 1 aromatic heterocycles. The van der Waals surface area contributed by atoms with Gasteiger partial charge in [0.2, 0.25) is 5.91 Å². The molecule has 0 saturated heterocycles. The van der Waals surface area contributed by atoms with Gasteiger partial charge < -0.3 is 11.1 Å². The first kappa shape index (κ1) is 14.7. The molecule has 0 aliphatic heterocycles. The van der Waals surface area contributed by atoms with Gasteiger partial charge in [0.25, 0.3) is 0 Å². The van der Waals surface area contributed by atoms with Gasteiger partial charge in [0.15, 0.2) is 0 Å². The number of anilines is 1. The zero-order valence-corrected chi connectivity index (χ0v) is 13.0. The highest BCUT2D eigenvalue weighted by Crippen LogP contribution is 2.22. The number of carbonyl (C=O) groups excluding carboxylic acids is 1.